The van der Waals surface area contributed by atoms with Crippen LogP contribution in [-0.2, 0) is 10.0 Å². The van der Waals surface area contributed by atoms with Crippen LogP contribution in [-0.4, -0.2) is 13.4 Å². The van der Waals surface area contributed by atoms with E-state index in [9.17, 15) is 8.42 Å². The van der Waals surface area contributed by atoms with Gasteiger partial charge in [-0.05, 0) is 24.6 Å². The van der Waals surface area contributed by atoms with Crippen LogP contribution in [0.15, 0.2) is 41.4 Å². The Morgan fingerprint density at radius 3 is 2.76 bits per heavy atom. The number of aromatic nitrogens is 1. The maximum atomic E-state index is 12.3. The predicted molar refractivity (Wildman–Crippen MR) is 78.7 cm³/mol. The Balaban J connectivity index is 2.43. The number of nitrogens with two attached hydrogens (primary N) is 1. The Morgan fingerprint density at radius 1 is 1.33 bits per heavy atom. The van der Waals surface area contributed by atoms with Gasteiger partial charge in [-0.2, -0.15) is 5.26 Å². The summed E-state index contributed by atoms with van der Waals surface area (Å²) in [6.07, 6.45) is 1.32. The van der Waals surface area contributed by atoms with Crippen LogP contribution in [0, 0.1) is 18.3 Å². The zero-order chi connectivity index (χ0) is 15.5. The molecule has 1 aromatic carbocycles. The molecule has 0 unspecified atom stereocenters. The lowest BCUT2D eigenvalue weighted by atomic mass is 10.1. The average molecular weight is 303 g/mol. The highest BCUT2D eigenvalue weighted by Crippen LogP contribution is 2.22. The Labute approximate surface area is 122 Å². The second-order valence-corrected chi connectivity index (χ2v) is 5.92. The van der Waals surface area contributed by atoms with Crippen molar-refractivity contribution in [3.63, 3.8) is 0 Å². The number of hydrazine groups is 1. The number of benzene rings is 1. The van der Waals surface area contributed by atoms with E-state index >= 15 is 0 Å². The molecule has 4 N–H and O–H groups in total. The highest BCUT2D eigenvalue weighted by atomic mass is 32.2. The SMILES string of the molecule is Cc1cccc(NS(=O)(=O)c2ccnc(NN)c2)c1C#N. The minimum absolute atomic E-state index is 0.00385. The summed E-state index contributed by atoms with van der Waals surface area (Å²) in [5.41, 5.74) is 3.49. The lowest BCUT2D eigenvalue weighted by Crippen LogP contribution is -2.15. The molecular formula is C13H13N5O2S. The molecular weight excluding hydrogens is 290 g/mol. The summed E-state index contributed by atoms with van der Waals surface area (Å²) in [5.74, 6) is 5.43. The zero-order valence-electron chi connectivity index (χ0n) is 11.2. The lowest BCUT2D eigenvalue weighted by molar-refractivity contribution is 0.601. The lowest BCUT2D eigenvalue weighted by Gasteiger charge is -2.11. The van der Waals surface area contributed by atoms with Crippen molar-refractivity contribution in [3.05, 3.63) is 47.7 Å². The molecule has 0 saturated heterocycles. The number of nitrogen functional groups attached to an aromatic ring is 1. The fourth-order valence-electron chi connectivity index (χ4n) is 1.76. The van der Waals surface area contributed by atoms with Crippen LogP contribution in [0.4, 0.5) is 11.5 Å². The molecule has 0 aliphatic rings. The van der Waals surface area contributed by atoms with Crippen molar-refractivity contribution < 1.29 is 8.42 Å². The summed E-state index contributed by atoms with van der Waals surface area (Å²) >= 11 is 0. The van der Waals surface area contributed by atoms with Gasteiger partial charge in [0.15, 0.2) is 0 Å². The topological polar surface area (TPSA) is 121 Å². The largest absolute Gasteiger partial charge is 0.308 e. The van der Waals surface area contributed by atoms with E-state index in [2.05, 4.69) is 15.1 Å². The van der Waals surface area contributed by atoms with E-state index in [-0.39, 0.29) is 22.0 Å². The molecule has 108 valence electrons. The standard InChI is InChI=1S/C13H13N5O2S/c1-9-3-2-4-12(11(9)8-14)18-21(19,20)10-5-6-16-13(7-10)17-15/h2-7,18H,15H2,1H3,(H,16,17). The van der Waals surface area contributed by atoms with Gasteiger partial charge in [0.2, 0.25) is 0 Å². The van der Waals surface area contributed by atoms with Crippen LogP contribution >= 0.6 is 0 Å². The first-order chi connectivity index (χ1) is 9.97. The number of anilines is 2. The van der Waals surface area contributed by atoms with Crippen molar-refractivity contribution in [3.8, 4) is 6.07 Å². The molecule has 0 bridgehead atoms. The monoisotopic (exact) mass is 303 g/mol. The minimum atomic E-state index is -3.83. The number of rotatable bonds is 4. The van der Waals surface area contributed by atoms with Crippen molar-refractivity contribution in [2.75, 3.05) is 10.1 Å². The second kappa shape index (κ2) is 5.78. The molecule has 8 heteroatoms. The van der Waals surface area contributed by atoms with Crippen molar-refractivity contribution in [1.29, 1.82) is 5.26 Å². The van der Waals surface area contributed by atoms with E-state index in [1.54, 1.807) is 19.1 Å². The summed E-state index contributed by atoms with van der Waals surface area (Å²) in [4.78, 5) is 3.84. The summed E-state index contributed by atoms with van der Waals surface area (Å²) in [5, 5.41) is 9.13. The van der Waals surface area contributed by atoms with E-state index in [1.165, 1.54) is 24.4 Å². The molecule has 0 saturated carbocycles. The van der Waals surface area contributed by atoms with Gasteiger partial charge >= 0.3 is 0 Å². The van der Waals surface area contributed by atoms with Gasteiger partial charge in [-0.3, -0.25) is 4.72 Å². The number of aryl methyl sites for hydroxylation is 1. The normalized spacial score (nSPS) is 10.7. The number of nitrogens with one attached hydrogen (secondary N) is 2. The zero-order valence-corrected chi connectivity index (χ0v) is 12.0. The Kier molecular flexibility index (Phi) is 4.07. The summed E-state index contributed by atoms with van der Waals surface area (Å²) in [7, 11) is -3.83. The Bertz CT molecular complexity index is 812. The van der Waals surface area contributed by atoms with Gasteiger partial charge in [0.1, 0.15) is 11.9 Å². The molecule has 7 nitrogen and oxygen atoms in total. The van der Waals surface area contributed by atoms with E-state index < -0.39 is 10.0 Å². The minimum Gasteiger partial charge on any atom is -0.308 e. The maximum absolute atomic E-state index is 12.3. The number of hydrogen-bond donors (Lipinski definition) is 3. The smallest absolute Gasteiger partial charge is 0.262 e. The van der Waals surface area contributed by atoms with Crippen LogP contribution in [0.5, 0.6) is 0 Å². The third-order valence-corrected chi connectivity index (χ3v) is 4.18. The van der Waals surface area contributed by atoms with Crippen molar-refractivity contribution in [2.24, 2.45) is 5.84 Å². The fraction of sp³-hybridized carbons (Fsp3) is 0.0769. The molecule has 2 rings (SSSR count). The molecule has 0 aliphatic heterocycles. The van der Waals surface area contributed by atoms with Crippen molar-refractivity contribution >= 4 is 21.5 Å². The molecule has 0 amide bonds. The van der Waals surface area contributed by atoms with Gasteiger partial charge in [0.05, 0.1) is 16.1 Å². The molecule has 0 atom stereocenters. The summed E-state index contributed by atoms with van der Waals surface area (Å²) < 4.78 is 27.1. The third kappa shape index (κ3) is 3.10. The third-order valence-electron chi connectivity index (χ3n) is 2.82. The average Bonchev–Trinajstić information content (AvgIpc) is 2.47. The summed E-state index contributed by atoms with van der Waals surface area (Å²) in [6, 6.07) is 9.57. The van der Waals surface area contributed by atoms with Gasteiger partial charge in [0.25, 0.3) is 10.0 Å². The number of sulfonamides is 1. The van der Waals surface area contributed by atoms with Gasteiger partial charge in [0, 0.05) is 12.3 Å². The first-order valence-electron chi connectivity index (χ1n) is 5.93. The van der Waals surface area contributed by atoms with Gasteiger partial charge in [-0.1, -0.05) is 12.1 Å². The van der Waals surface area contributed by atoms with E-state index in [4.69, 9.17) is 11.1 Å². The number of nitriles is 1. The van der Waals surface area contributed by atoms with Crippen LogP contribution < -0.4 is 16.0 Å². The van der Waals surface area contributed by atoms with E-state index in [0.29, 0.717) is 5.56 Å². The highest BCUT2D eigenvalue weighted by molar-refractivity contribution is 7.92. The quantitative estimate of drug-likeness (QED) is 0.579. The summed E-state index contributed by atoms with van der Waals surface area (Å²) in [6.45, 7) is 1.74. The van der Waals surface area contributed by atoms with E-state index in [0.717, 1.165) is 0 Å². The van der Waals surface area contributed by atoms with Crippen molar-refractivity contribution in [2.45, 2.75) is 11.8 Å². The molecule has 0 fully saturated rings. The van der Waals surface area contributed by atoms with Crippen LogP contribution in [0.3, 0.4) is 0 Å². The first kappa shape index (κ1) is 14.8. The molecule has 21 heavy (non-hydrogen) atoms. The van der Waals surface area contributed by atoms with Gasteiger partial charge in [-0.25, -0.2) is 19.2 Å². The molecule has 1 heterocycles. The van der Waals surface area contributed by atoms with Crippen LogP contribution in [0.2, 0.25) is 0 Å². The predicted octanol–water partition coefficient (Wildman–Crippen LogP) is 1.35. The second-order valence-electron chi connectivity index (χ2n) is 4.24. The van der Waals surface area contributed by atoms with Crippen LogP contribution in [0.1, 0.15) is 11.1 Å². The maximum Gasteiger partial charge on any atom is 0.262 e. The highest BCUT2D eigenvalue weighted by Gasteiger charge is 2.17. The Morgan fingerprint density at radius 2 is 2.10 bits per heavy atom. The number of hydrogen-bond acceptors (Lipinski definition) is 6. The first-order valence-corrected chi connectivity index (χ1v) is 7.41. The molecule has 0 aliphatic carbocycles. The molecule has 1 aromatic heterocycles. The number of pyridine rings is 1. The Hall–Kier alpha value is -2.63. The van der Waals surface area contributed by atoms with E-state index in [1.807, 2.05) is 6.07 Å². The molecule has 2 aromatic rings. The molecule has 0 radical (unpaired) electrons. The van der Waals surface area contributed by atoms with Gasteiger partial charge in [-0.15, -0.1) is 0 Å². The fourth-order valence-corrected chi connectivity index (χ4v) is 2.85. The van der Waals surface area contributed by atoms with Crippen LogP contribution in [0.25, 0.3) is 0 Å². The molecule has 0 spiro atoms. The van der Waals surface area contributed by atoms with Crippen molar-refractivity contribution in [1.82, 2.24) is 4.98 Å². The number of nitrogens with zero attached hydrogens (tertiary/aromatic N) is 2. The van der Waals surface area contributed by atoms with Gasteiger partial charge < -0.3 is 5.43 Å².